The first-order chi connectivity index (χ1) is 14.7. The van der Waals surface area contributed by atoms with Gasteiger partial charge in [-0.15, -0.1) is 0 Å². The van der Waals surface area contributed by atoms with E-state index in [0.29, 0.717) is 0 Å². The molecule has 0 N–H and O–H groups in total. The number of carbonyl (C=O) groups is 2. The molecule has 0 radical (unpaired) electrons. The molecule has 2 fully saturated rings. The van der Waals surface area contributed by atoms with E-state index in [1.807, 2.05) is 39.0 Å². The van der Waals surface area contributed by atoms with Gasteiger partial charge < -0.3 is 14.2 Å². The number of hydrogen-bond acceptors (Lipinski definition) is 6. The van der Waals surface area contributed by atoms with E-state index in [0.717, 1.165) is 56.5 Å². The van der Waals surface area contributed by atoms with Crippen LogP contribution in [0.2, 0.25) is 0 Å². The summed E-state index contributed by atoms with van der Waals surface area (Å²) in [5, 5.41) is 0. The summed E-state index contributed by atoms with van der Waals surface area (Å²) in [5.74, 6) is -0.184. The highest BCUT2D eigenvalue weighted by atomic mass is 32.2. The van der Waals surface area contributed by atoms with Gasteiger partial charge in [0.25, 0.3) is 5.56 Å². The summed E-state index contributed by atoms with van der Waals surface area (Å²) < 4.78 is 17.6. The number of nitrogens with zero attached hydrogens (tertiary/aromatic N) is 1. The van der Waals surface area contributed by atoms with Gasteiger partial charge in [0.15, 0.2) is 0 Å². The number of thioether (sulfide) groups is 1. The standard InChI is InChI=1S/C24H36NO5S/c1-24(2,3)30-22(27)25(16-8-9-17-25)23(31-20-10-6-5-7-11-20)29-19-14-12-18(13-15-19)21(26)28-4/h5-7,10-11,18-19,23H,8-9,12-17H2,1-4H3/q+1. The summed E-state index contributed by atoms with van der Waals surface area (Å²) >= 11 is 1.60. The van der Waals surface area contributed by atoms with Crippen molar-refractivity contribution in [2.24, 2.45) is 5.92 Å². The van der Waals surface area contributed by atoms with Crippen molar-refractivity contribution in [1.29, 1.82) is 0 Å². The van der Waals surface area contributed by atoms with Crippen LogP contribution < -0.4 is 0 Å². The number of hydrogen-bond donors (Lipinski definition) is 0. The number of quaternary nitrogens is 1. The molecule has 172 valence electrons. The Hall–Kier alpha value is -1.57. The minimum Gasteiger partial charge on any atom is -0.469 e. The molecule has 1 aromatic rings. The number of esters is 1. The Kier molecular flexibility index (Phi) is 8.05. The zero-order chi connectivity index (χ0) is 22.5. The van der Waals surface area contributed by atoms with Crippen LogP contribution in [0, 0.1) is 5.92 Å². The number of carbonyl (C=O) groups excluding carboxylic acids is 2. The first kappa shape index (κ1) is 24.1. The number of rotatable bonds is 6. The lowest BCUT2D eigenvalue weighted by molar-refractivity contribution is -0.879. The molecule has 6 nitrogen and oxygen atoms in total. The molecule has 1 saturated carbocycles. The van der Waals surface area contributed by atoms with E-state index in [1.54, 1.807) is 11.8 Å². The Morgan fingerprint density at radius 1 is 1.03 bits per heavy atom. The van der Waals surface area contributed by atoms with Crippen LogP contribution in [0.15, 0.2) is 35.2 Å². The molecule has 7 heteroatoms. The maximum Gasteiger partial charge on any atom is 0.519 e. The fourth-order valence-electron chi connectivity index (χ4n) is 4.36. The molecule has 1 unspecified atom stereocenters. The molecule has 1 saturated heterocycles. The van der Waals surface area contributed by atoms with Crippen molar-refractivity contribution in [2.75, 3.05) is 20.2 Å². The molecule has 1 heterocycles. The molecular weight excluding hydrogens is 414 g/mol. The first-order valence-corrected chi connectivity index (χ1v) is 12.2. The van der Waals surface area contributed by atoms with Gasteiger partial charge in [-0.3, -0.25) is 4.79 Å². The van der Waals surface area contributed by atoms with Gasteiger partial charge in [-0.25, -0.2) is 0 Å². The van der Waals surface area contributed by atoms with Crippen molar-refractivity contribution < 1.29 is 28.3 Å². The number of amides is 1. The second-order valence-corrected chi connectivity index (χ2v) is 10.6. The molecule has 3 rings (SSSR count). The SMILES string of the molecule is COC(=O)C1CCC(OC(Sc2ccccc2)[N+]2(C(=O)OC(C)(C)C)CCCC2)CC1. The van der Waals surface area contributed by atoms with E-state index in [2.05, 4.69) is 12.1 Å². The second-order valence-electron chi connectivity index (χ2n) is 9.54. The average Bonchev–Trinajstić information content (AvgIpc) is 3.24. The van der Waals surface area contributed by atoms with Gasteiger partial charge >= 0.3 is 12.1 Å². The summed E-state index contributed by atoms with van der Waals surface area (Å²) in [6, 6.07) is 10.1. The molecule has 0 aromatic heterocycles. The van der Waals surface area contributed by atoms with Crippen molar-refractivity contribution >= 4 is 23.8 Å². The lowest BCUT2D eigenvalue weighted by Gasteiger charge is -2.40. The topological polar surface area (TPSA) is 61.8 Å². The Balaban J connectivity index is 1.80. The minimum atomic E-state index is -0.550. The molecule has 1 aliphatic heterocycles. The van der Waals surface area contributed by atoms with Gasteiger partial charge in [0.2, 0.25) is 0 Å². The smallest absolute Gasteiger partial charge is 0.469 e. The van der Waals surface area contributed by atoms with Crippen LogP contribution in [-0.4, -0.2) is 54.0 Å². The Morgan fingerprint density at radius 3 is 2.19 bits per heavy atom. The van der Waals surface area contributed by atoms with Crippen LogP contribution >= 0.6 is 11.8 Å². The van der Waals surface area contributed by atoms with Crippen molar-refractivity contribution in [3.8, 4) is 0 Å². The quantitative estimate of drug-likeness (QED) is 0.252. The second kappa shape index (κ2) is 10.4. The summed E-state index contributed by atoms with van der Waals surface area (Å²) in [7, 11) is 1.44. The number of methoxy groups -OCH3 is 1. The van der Waals surface area contributed by atoms with Crippen molar-refractivity contribution in [3.05, 3.63) is 30.3 Å². The minimum absolute atomic E-state index is 0.0140. The highest BCUT2D eigenvalue weighted by Crippen LogP contribution is 2.39. The molecule has 0 bridgehead atoms. The van der Waals surface area contributed by atoms with Crippen LogP contribution in [0.1, 0.15) is 59.3 Å². The third-order valence-corrected chi connectivity index (χ3v) is 7.28. The maximum atomic E-state index is 13.4. The summed E-state index contributed by atoms with van der Waals surface area (Å²) in [6.45, 7) is 7.16. The van der Waals surface area contributed by atoms with Crippen LogP contribution in [-0.2, 0) is 19.0 Å². The average molecular weight is 451 g/mol. The van der Waals surface area contributed by atoms with Crippen LogP contribution in [0.3, 0.4) is 0 Å². The normalized spacial score (nSPS) is 24.4. The van der Waals surface area contributed by atoms with E-state index in [1.165, 1.54) is 7.11 Å². The molecule has 0 spiro atoms. The molecule has 1 atom stereocenters. The highest BCUT2D eigenvalue weighted by molar-refractivity contribution is 7.99. The predicted octanol–water partition coefficient (Wildman–Crippen LogP) is 5.36. The molecular formula is C24H36NO5S+. The van der Waals surface area contributed by atoms with Gasteiger partial charge in [-0.2, -0.15) is 9.28 Å². The molecule has 31 heavy (non-hydrogen) atoms. The van der Waals surface area contributed by atoms with Crippen LogP contribution in [0.5, 0.6) is 0 Å². The lowest BCUT2D eigenvalue weighted by Crippen LogP contribution is -2.59. The van der Waals surface area contributed by atoms with Gasteiger partial charge in [-0.05, 0) is 70.3 Å². The van der Waals surface area contributed by atoms with Crippen LogP contribution in [0.25, 0.3) is 0 Å². The van der Waals surface area contributed by atoms with E-state index in [-0.39, 0.29) is 34.1 Å². The van der Waals surface area contributed by atoms with E-state index in [9.17, 15) is 9.59 Å². The molecule has 1 aromatic carbocycles. The summed E-state index contributed by atoms with van der Waals surface area (Å²) in [4.78, 5) is 26.4. The fourth-order valence-corrected chi connectivity index (χ4v) is 5.62. The Morgan fingerprint density at radius 2 is 1.65 bits per heavy atom. The lowest BCUT2D eigenvalue weighted by atomic mass is 9.87. The first-order valence-electron chi connectivity index (χ1n) is 11.3. The van der Waals surface area contributed by atoms with Gasteiger partial charge in [0, 0.05) is 17.7 Å². The zero-order valence-electron chi connectivity index (χ0n) is 19.2. The summed E-state index contributed by atoms with van der Waals surface area (Å²) in [5.41, 5.74) is -0.926. The monoisotopic (exact) mass is 450 g/mol. The number of likely N-dealkylation sites (tertiary alicyclic amines) is 1. The van der Waals surface area contributed by atoms with Crippen molar-refractivity contribution in [3.63, 3.8) is 0 Å². The predicted molar refractivity (Wildman–Crippen MR) is 120 cm³/mol. The number of benzene rings is 1. The van der Waals surface area contributed by atoms with Gasteiger partial charge in [0.1, 0.15) is 5.60 Å². The summed E-state index contributed by atoms with van der Waals surface area (Å²) in [6.07, 6.45) is 4.85. The Labute approximate surface area is 190 Å². The van der Waals surface area contributed by atoms with E-state index in [4.69, 9.17) is 14.2 Å². The van der Waals surface area contributed by atoms with Crippen LogP contribution in [0.4, 0.5) is 4.79 Å². The highest BCUT2D eigenvalue weighted by Gasteiger charge is 2.52. The molecule has 1 aliphatic carbocycles. The van der Waals surface area contributed by atoms with Gasteiger partial charge in [-0.1, -0.05) is 18.2 Å². The zero-order valence-corrected chi connectivity index (χ0v) is 20.0. The number of ether oxygens (including phenoxy) is 3. The van der Waals surface area contributed by atoms with Crippen molar-refractivity contribution in [2.45, 2.75) is 81.5 Å². The largest absolute Gasteiger partial charge is 0.519 e. The molecule has 1 amide bonds. The van der Waals surface area contributed by atoms with E-state index < -0.39 is 5.60 Å². The third kappa shape index (κ3) is 6.24. The molecule has 2 aliphatic rings. The van der Waals surface area contributed by atoms with Crippen molar-refractivity contribution in [1.82, 2.24) is 0 Å². The Bertz CT molecular complexity index is 734. The van der Waals surface area contributed by atoms with Gasteiger partial charge in [0.05, 0.1) is 32.2 Å². The van der Waals surface area contributed by atoms with E-state index >= 15 is 0 Å². The maximum absolute atomic E-state index is 13.4. The third-order valence-electron chi connectivity index (χ3n) is 6.02. The fraction of sp³-hybridized carbons (Fsp3) is 0.667.